The minimum Gasteiger partial charge on any atom is -0.335 e. The van der Waals surface area contributed by atoms with Gasteiger partial charge in [0.1, 0.15) is 5.82 Å². The number of carbonyl (C=O) groups excluding carboxylic acids is 1. The molecule has 0 aliphatic carbocycles. The van der Waals surface area contributed by atoms with E-state index in [9.17, 15) is 4.79 Å². The van der Waals surface area contributed by atoms with Gasteiger partial charge >= 0.3 is 0 Å². The van der Waals surface area contributed by atoms with Gasteiger partial charge in [0.15, 0.2) is 5.78 Å². The zero-order valence-corrected chi connectivity index (χ0v) is 12.1. The SMILES string of the molecule is CCCn1ccnc1CC(=O)c1cc(Cl)cc(Cl)c1. The maximum Gasteiger partial charge on any atom is 0.170 e. The van der Waals surface area contributed by atoms with Gasteiger partial charge in [-0.1, -0.05) is 30.1 Å². The summed E-state index contributed by atoms with van der Waals surface area (Å²) < 4.78 is 1.99. The molecule has 0 saturated carbocycles. The van der Waals surface area contributed by atoms with E-state index in [1.54, 1.807) is 24.4 Å². The van der Waals surface area contributed by atoms with Crippen molar-refractivity contribution in [3.8, 4) is 0 Å². The van der Waals surface area contributed by atoms with Gasteiger partial charge in [-0.15, -0.1) is 0 Å². The summed E-state index contributed by atoms with van der Waals surface area (Å²) in [6.07, 6.45) is 4.85. The first-order valence-corrected chi connectivity index (χ1v) is 6.85. The van der Waals surface area contributed by atoms with Crippen LogP contribution in [0.15, 0.2) is 30.6 Å². The van der Waals surface area contributed by atoms with Crippen LogP contribution in [0.25, 0.3) is 0 Å². The van der Waals surface area contributed by atoms with Crippen LogP contribution in [-0.4, -0.2) is 15.3 Å². The predicted octanol–water partition coefficient (Wildman–Crippen LogP) is 4.03. The van der Waals surface area contributed by atoms with Gasteiger partial charge < -0.3 is 4.57 Å². The average Bonchev–Trinajstić information content (AvgIpc) is 2.76. The van der Waals surface area contributed by atoms with Gasteiger partial charge in [0, 0.05) is 34.5 Å². The Morgan fingerprint density at radius 2 is 1.95 bits per heavy atom. The number of rotatable bonds is 5. The lowest BCUT2D eigenvalue weighted by Gasteiger charge is -2.06. The summed E-state index contributed by atoms with van der Waals surface area (Å²) in [5.74, 6) is 0.732. The fourth-order valence-electron chi connectivity index (χ4n) is 1.91. The number of ketones is 1. The van der Waals surface area contributed by atoms with Crippen LogP contribution in [0.1, 0.15) is 29.5 Å². The van der Waals surface area contributed by atoms with Crippen LogP contribution in [-0.2, 0) is 13.0 Å². The Morgan fingerprint density at radius 3 is 2.58 bits per heavy atom. The second-order valence-corrected chi connectivity index (χ2v) is 5.17. The molecular weight excluding hydrogens is 283 g/mol. The number of halogens is 2. The molecule has 19 heavy (non-hydrogen) atoms. The van der Waals surface area contributed by atoms with Gasteiger partial charge in [0.25, 0.3) is 0 Å². The molecule has 1 aromatic heterocycles. The summed E-state index contributed by atoms with van der Waals surface area (Å²) in [6.45, 7) is 2.95. The van der Waals surface area contributed by atoms with Crippen LogP contribution in [0.3, 0.4) is 0 Å². The van der Waals surface area contributed by atoms with E-state index in [1.165, 1.54) is 0 Å². The summed E-state index contributed by atoms with van der Waals surface area (Å²) >= 11 is 11.8. The van der Waals surface area contributed by atoms with Gasteiger partial charge in [-0.3, -0.25) is 4.79 Å². The Balaban J connectivity index is 2.18. The van der Waals surface area contributed by atoms with Crippen LogP contribution in [0.4, 0.5) is 0 Å². The predicted molar refractivity (Wildman–Crippen MR) is 77.0 cm³/mol. The van der Waals surface area contributed by atoms with Crippen molar-refractivity contribution in [1.82, 2.24) is 9.55 Å². The maximum absolute atomic E-state index is 12.2. The van der Waals surface area contributed by atoms with Gasteiger partial charge in [-0.2, -0.15) is 0 Å². The molecule has 1 heterocycles. The molecule has 1 aromatic carbocycles. The molecular formula is C14H14Cl2N2O. The van der Waals surface area contributed by atoms with E-state index in [1.807, 2.05) is 10.8 Å². The molecule has 3 nitrogen and oxygen atoms in total. The molecule has 0 fully saturated rings. The minimum absolute atomic E-state index is 0.0343. The first kappa shape index (κ1) is 14.1. The van der Waals surface area contributed by atoms with Crippen LogP contribution in [0.5, 0.6) is 0 Å². The van der Waals surface area contributed by atoms with E-state index in [2.05, 4.69) is 11.9 Å². The zero-order chi connectivity index (χ0) is 13.8. The smallest absolute Gasteiger partial charge is 0.170 e. The topological polar surface area (TPSA) is 34.9 Å². The fraction of sp³-hybridized carbons (Fsp3) is 0.286. The number of benzene rings is 1. The summed E-state index contributed by atoms with van der Waals surface area (Å²) in [5, 5.41) is 0.931. The quantitative estimate of drug-likeness (QED) is 0.781. The maximum atomic E-state index is 12.2. The molecule has 100 valence electrons. The Labute approximate surface area is 122 Å². The van der Waals surface area contributed by atoms with Crippen molar-refractivity contribution in [3.05, 3.63) is 52.0 Å². The number of aryl methyl sites for hydroxylation is 1. The Hall–Kier alpha value is -1.32. The highest BCUT2D eigenvalue weighted by atomic mass is 35.5. The third kappa shape index (κ3) is 3.58. The molecule has 0 aliphatic heterocycles. The first-order chi connectivity index (χ1) is 9.10. The van der Waals surface area contributed by atoms with Gasteiger partial charge in [0.2, 0.25) is 0 Å². The van der Waals surface area contributed by atoms with Crippen molar-refractivity contribution in [1.29, 1.82) is 0 Å². The monoisotopic (exact) mass is 296 g/mol. The summed E-state index contributed by atoms with van der Waals surface area (Å²) in [4.78, 5) is 16.4. The highest BCUT2D eigenvalue weighted by molar-refractivity contribution is 6.35. The lowest BCUT2D eigenvalue weighted by Crippen LogP contribution is -2.10. The first-order valence-electron chi connectivity index (χ1n) is 6.09. The second-order valence-electron chi connectivity index (χ2n) is 4.29. The highest BCUT2D eigenvalue weighted by Gasteiger charge is 2.12. The zero-order valence-electron chi connectivity index (χ0n) is 10.6. The fourth-order valence-corrected chi connectivity index (χ4v) is 2.44. The number of imidazole rings is 1. The Bertz CT molecular complexity index is 573. The van der Waals surface area contributed by atoms with E-state index in [0.717, 1.165) is 18.8 Å². The lowest BCUT2D eigenvalue weighted by atomic mass is 10.1. The van der Waals surface area contributed by atoms with Crippen molar-refractivity contribution >= 4 is 29.0 Å². The minimum atomic E-state index is -0.0343. The van der Waals surface area contributed by atoms with Crippen molar-refractivity contribution in [2.45, 2.75) is 26.3 Å². The van der Waals surface area contributed by atoms with Gasteiger partial charge in [-0.05, 0) is 24.6 Å². The third-order valence-corrected chi connectivity index (χ3v) is 3.21. The van der Waals surface area contributed by atoms with Crippen molar-refractivity contribution in [3.63, 3.8) is 0 Å². The molecule has 0 aliphatic rings. The molecule has 5 heteroatoms. The third-order valence-electron chi connectivity index (χ3n) is 2.77. The number of aromatic nitrogens is 2. The number of carbonyl (C=O) groups is 1. The molecule has 0 bridgehead atoms. The van der Waals surface area contributed by atoms with Crippen LogP contribution >= 0.6 is 23.2 Å². The lowest BCUT2D eigenvalue weighted by molar-refractivity contribution is 0.0989. The summed E-state index contributed by atoms with van der Waals surface area (Å²) in [6, 6.07) is 4.86. The van der Waals surface area contributed by atoms with Crippen LogP contribution in [0.2, 0.25) is 10.0 Å². The van der Waals surface area contributed by atoms with Crippen LogP contribution < -0.4 is 0 Å². The van der Waals surface area contributed by atoms with Crippen LogP contribution in [0, 0.1) is 0 Å². The molecule has 0 atom stereocenters. The molecule has 0 unspecified atom stereocenters. The Kier molecular flexibility index (Phi) is 4.61. The molecule has 2 aromatic rings. The number of hydrogen-bond acceptors (Lipinski definition) is 2. The van der Waals surface area contributed by atoms with E-state index < -0.39 is 0 Å². The van der Waals surface area contributed by atoms with Crippen molar-refractivity contribution in [2.24, 2.45) is 0 Å². The molecule has 2 rings (SSSR count). The standard InChI is InChI=1S/C14H14Cl2N2O/c1-2-4-18-5-3-17-14(18)9-13(19)10-6-11(15)8-12(16)7-10/h3,5-8H,2,4,9H2,1H3. The van der Waals surface area contributed by atoms with E-state index in [4.69, 9.17) is 23.2 Å². The summed E-state index contributed by atoms with van der Waals surface area (Å²) in [7, 11) is 0. The molecule has 0 amide bonds. The molecule has 0 N–H and O–H groups in total. The van der Waals surface area contributed by atoms with E-state index >= 15 is 0 Å². The molecule has 0 saturated heterocycles. The van der Waals surface area contributed by atoms with E-state index in [-0.39, 0.29) is 12.2 Å². The largest absolute Gasteiger partial charge is 0.335 e. The number of nitrogens with zero attached hydrogens (tertiary/aromatic N) is 2. The average molecular weight is 297 g/mol. The normalized spacial score (nSPS) is 10.7. The van der Waals surface area contributed by atoms with Gasteiger partial charge in [-0.25, -0.2) is 4.98 Å². The highest BCUT2D eigenvalue weighted by Crippen LogP contribution is 2.20. The van der Waals surface area contributed by atoms with E-state index in [0.29, 0.717) is 15.6 Å². The van der Waals surface area contributed by atoms with Gasteiger partial charge in [0.05, 0.1) is 6.42 Å². The summed E-state index contributed by atoms with van der Waals surface area (Å²) in [5.41, 5.74) is 0.517. The second kappa shape index (κ2) is 6.22. The molecule has 0 spiro atoms. The Morgan fingerprint density at radius 1 is 1.26 bits per heavy atom. The molecule has 0 radical (unpaired) electrons. The number of hydrogen-bond donors (Lipinski definition) is 0. The number of Topliss-reactive ketones (excluding diaryl/α,β-unsaturated/α-hetero) is 1. The van der Waals surface area contributed by atoms with Crippen molar-refractivity contribution < 1.29 is 4.79 Å². The van der Waals surface area contributed by atoms with Crippen molar-refractivity contribution in [2.75, 3.05) is 0 Å².